The molecule has 1 heterocycles. The molecule has 0 radical (unpaired) electrons. The third kappa shape index (κ3) is 2.00. The number of nitrogens with zero attached hydrogens (tertiary/aromatic N) is 3. The number of nitriles is 1. The maximum absolute atomic E-state index is 9.47. The molecule has 3 aliphatic rings. The summed E-state index contributed by atoms with van der Waals surface area (Å²) in [5.41, 5.74) is 1.73. The Morgan fingerprint density at radius 1 is 1.40 bits per heavy atom. The summed E-state index contributed by atoms with van der Waals surface area (Å²) < 4.78 is 2.65. The summed E-state index contributed by atoms with van der Waals surface area (Å²) >= 11 is 0. The first-order valence-corrected chi connectivity index (χ1v) is 8.42. The van der Waals surface area contributed by atoms with E-state index in [1.807, 2.05) is 0 Å². The van der Waals surface area contributed by atoms with Crippen molar-refractivity contribution in [1.82, 2.24) is 4.90 Å². The summed E-state index contributed by atoms with van der Waals surface area (Å²) in [7, 11) is 2.30. The van der Waals surface area contributed by atoms with Crippen molar-refractivity contribution in [2.45, 2.75) is 71.0 Å². The Balaban J connectivity index is 1.81. The van der Waals surface area contributed by atoms with E-state index in [-0.39, 0.29) is 5.41 Å². The fraction of sp³-hybridized carbons (Fsp3) is 0.882. The Hall–Kier alpha value is -0.880. The Morgan fingerprint density at radius 3 is 2.70 bits per heavy atom. The molecule has 20 heavy (non-hydrogen) atoms. The van der Waals surface area contributed by atoms with Crippen LogP contribution in [0.3, 0.4) is 0 Å². The molecule has 0 aromatic heterocycles. The molecule has 0 bridgehead atoms. The second-order valence-electron chi connectivity index (χ2n) is 6.97. The molecule has 2 aliphatic carbocycles. The predicted octanol–water partition coefficient (Wildman–Crippen LogP) is 3.00. The van der Waals surface area contributed by atoms with Gasteiger partial charge in [0.1, 0.15) is 6.54 Å². The van der Waals surface area contributed by atoms with Crippen molar-refractivity contribution < 1.29 is 4.58 Å². The van der Waals surface area contributed by atoms with Crippen molar-refractivity contribution in [1.29, 1.82) is 5.26 Å². The van der Waals surface area contributed by atoms with Crippen molar-refractivity contribution in [3.05, 3.63) is 0 Å². The molecule has 3 rings (SSSR count). The molecule has 1 aliphatic heterocycles. The maximum Gasteiger partial charge on any atom is 0.209 e. The second kappa shape index (κ2) is 5.15. The fourth-order valence-electron chi connectivity index (χ4n) is 4.65. The zero-order chi connectivity index (χ0) is 14.3. The van der Waals surface area contributed by atoms with E-state index in [0.29, 0.717) is 18.1 Å². The van der Waals surface area contributed by atoms with Gasteiger partial charge in [0.05, 0.1) is 17.5 Å². The molecule has 0 N–H and O–H groups in total. The number of fused-ring (bicyclic) bond motifs is 1. The first-order chi connectivity index (χ1) is 9.66. The van der Waals surface area contributed by atoms with Gasteiger partial charge >= 0.3 is 0 Å². The Morgan fingerprint density at radius 2 is 2.15 bits per heavy atom. The minimum absolute atomic E-state index is 0.0618. The van der Waals surface area contributed by atoms with Crippen LogP contribution < -0.4 is 0 Å². The molecule has 0 spiro atoms. The number of rotatable bonds is 4. The van der Waals surface area contributed by atoms with Gasteiger partial charge in [0.25, 0.3) is 0 Å². The van der Waals surface area contributed by atoms with E-state index >= 15 is 0 Å². The second-order valence-corrected chi connectivity index (χ2v) is 6.97. The van der Waals surface area contributed by atoms with Gasteiger partial charge in [-0.2, -0.15) is 5.26 Å². The highest BCUT2D eigenvalue weighted by molar-refractivity contribution is 5.87. The van der Waals surface area contributed by atoms with E-state index in [4.69, 9.17) is 0 Å². The van der Waals surface area contributed by atoms with E-state index < -0.39 is 0 Å². The molecule has 2 fully saturated rings. The fourth-order valence-corrected chi connectivity index (χ4v) is 4.65. The Labute approximate surface area is 123 Å². The minimum Gasteiger partial charge on any atom is -0.236 e. The van der Waals surface area contributed by atoms with Gasteiger partial charge < -0.3 is 0 Å². The van der Waals surface area contributed by atoms with E-state index in [1.54, 1.807) is 5.71 Å². The van der Waals surface area contributed by atoms with Gasteiger partial charge in [0.2, 0.25) is 6.17 Å². The zero-order valence-corrected chi connectivity index (χ0v) is 13.2. The van der Waals surface area contributed by atoms with Gasteiger partial charge in [0, 0.05) is 12.8 Å². The predicted molar refractivity (Wildman–Crippen MR) is 80.7 cm³/mol. The van der Waals surface area contributed by atoms with E-state index in [1.165, 1.54) is 32.1 Å². The summed E-state index contributed by atoms with van der Waals surface area (Å²) in [5, 5.41) is 9.47. The lowest BCUT2D eigenvalue weighted by Crippen LogP contribution is -2.42. The third-order valence-electron chi connectivity index (χ3n) is 6.01. The smallest absolute Gasteiger partial charge is 0.209 e. The van der Waals surface area contributed by atoms with Gasteiger partial charge in [-0.15, -0.1) is 0 Å². The van der Waals surface area contributed by atoms with Crippen LogP contribution in [0.25, 0.3) is 0 Å². The van der Waals surface area contributed by atoms with Crippen LogP contribution in [0.5, 0.6) is 0 Å². The van der Waals surface area contributed by atoms with Crippen molar-refractivity contribution in [3.63, 3.8) is 0 Å². The van der Waals surface area contributed by atoms with E-state index in [0.717, 1.165) is 19.4 Å². The molecular weight excluding hydrogens is 246 g/mol. The lowest BCUT2D eigenvalue weighted by atomic mass is 9.75. The molecule has 3 nitrogen and oxygen atoms in total. The molecule has 0 amide bonds. The van der Waals surface area contributed by atoms with Crippen LogP contribution in [0.15, 0.2) is 0 Å². The van der Waals surface area contributed by atoms with Crippen LogP contribution in [-0.4, -0.2) is 41.0 Å². The summed E-state index contributed by atoms with van der Waals surface area (Å²) in [6.45, 7) is 5.70. The van der Waals surface area contributed by atoms with Crippen molar-refractivity contribution in [3.8, 4) is 6.07 Å². The van der Waals surface area contributed by atoms with Gasteiger partial charge in [-0.05, 0) is 52.0 Å². The Kier molecular flexibility index (Phi) is 3.62. The summed E-state index contributed by atoms with van der Waals surface area (Å²) in [4.78, 5) is 2.60. The molecule has 2 saturated carbocycles. The summed E-state index contributed by atoms with van der Waals surface area (Å²) in [5.74, 6) is 0.641. The maximum atomic E-state index is 9.47. The molecule has 3 heteroatoms. The molecule has 0 saturated heterocycles. The van der Waals surface area contributed by atoms with Crippen molar-refractivity contribution >= 4 is 5.71 Å². The highest BCUT2D eigenvalue weighted by atomic mass is 15.4. The van der Waals surface area contributed by atoms with Crippen LogP contribution >= 0.6 is 0 Å². The highest BCUT2D eigenvalue weighted by Crippen LogP contribution is 2.56. The quantitative estimate of drug-likeness (QED) is 0.738. The van der Waals surface area contributed by atoms with Crippen LogP contribution in [-0.2, 0) is 0 Å². The lowest BCUT2D eigenvalue weighted by molar-refractivity contribution is -0.575. The normalized spacial score (nSPS) is 35.8. The monoisotopic (exact) mass is 274 g/mol. The third-order valence-corrected chi connectivity index (χ3v) is 6.01. The van der Waals surface area contributed by atoms with E-state index in [2.05, 4.69) is 36.4 Å². The zero-order valence-electron chi connectivity index (χ0n) is 13.2. The molecular formula is C17H28N3+. The average Bonchev–Trinajstić information content (AvgIpc) is 3.23. The van der Waals surface area contributed by atoms with Gasteiger partial charge in [-0.3, -0.25) is 0 Å². The molecule has 3 atom stereocenters. The molecule has 110 valence electrons. The number of hydrogen-bond acceptors (Lipinski definition) is 2. The first kappa shape index (κ1) is 14.1. The van der Waals surface area contributed by atoms with Gasteiger partial charge in [-0.1, -0.05) is 6.92 Å². The van der Waals surface area contributed by atoms with Crippen LogP contribution in [0.2, 0.25) is 0 Å². The Bertz CT molecular complexity index is 455. The minimum atomic E-state index is 0.0618. The molecule has 0 aromatic rings. The first-order valence-electron chi connectivity index (χ1n) is 8.42. The van der Waals surface area contributed by atoms with Gasteiger partial charge in [-0.25, -0.2) is 9.48 Å². The van der Waals surface area contributed by atoms with Crippen molar-refractivity contribution in [2.75, 3.05) is 13.6 Å². The summed E-state index contributed by atoms with van der Waals surface area (Å²) in [6.07, 6.45) is 9.08. The standard InChI is InChI=1S/C17H28N3/c1-4-6-16-19(3)15-11-13(17(12-18)9-10-17)7-8-14(15)20(16)5-2/h13,15-16H,4-11H2,1-3H3/q+1. The lowest BCUT2D eigenvalue weighted by Gasteiger charge is -2.31. The van der Waals surface area contributed by atoms with E-state index in [9.17, 15) is 5.26 Å². The van der Waals surface area contributed by atoms with Crippen LogP contribution in [0, 0.1) is 22.7 Å². The van der Waals surface area contributed by atoms with Gasteiger partial charge in [0.15, 0.2) is 5.71 Å². The molecule has 3 unspecified atom stereocenters. The SMILES string of the molecule is CCCC1N(C)C2CC(C3(C#N)CC3)CCC2=[N+]1CC. The average molecular weight is 274 g/mol. The molecule has 0 aromatic carbocycles. The highest BCUT2D eigenvalue weighted by Gasteiger charge is 2.55. The van der Waals surface area contributed by atoms with Crippen molar-refractivity contribution in [2.24, 2.45) is 11.3 Å². The topological polar surface area (TPSA) is 30.0 Å². The van der Waals surface area contributed by atoms with Crippen LogP contribution in [0.4, 0.5) is 0 Å². The number of hydrogen-bond donors (Lipinski definition) is 0. The summed E-state index contributed by atoms with van der Waals surface area (Å²) in [6, 6.07) is 3.24. The largest absolute Gasteiger partial charge is 0.236 e. The van der Waals surface area contributed by atoms with Crippen LogP contribution in [0.1, 0.15) is 58.8 Å².